The molecule has 0 aromatic carbocycles. The number of nitrogens with zero attached hydrogens (tertiary/aromatic N) is 2. The molecular formula is C19H25ClN4O2S. The third kappa shape index (κ3) is 3.95. The van der Waals surface area contributed by atoms with Crippen molar-refractivity contribution in [2.75, 3.05) is 19.6 Å². The van der Waals surface area contributed by atoms with E-state index in [-0.39, 0.29) is 23.9 Å². The van der Waals surface area contributed by atoms with Crippen molar-refractivity contribution < 1.29 is 4.79 Å². The number of aryl methyl sites for hydroxylation is 2. The molecule has 0 saturated carbocycles. The van der Waals surface area contributed by atoms with Crippen LogP contribution in [0.4, 0.5) is 0 Å². The molecule has 2 aromatic heterocycles. The van der Waals surface area contributed by atoms with Crippen molar-refractivity contribution in [1.82, 2.24) is 20.2 Å². The molecule has 0 unspecified atom stereocenters. The molecule has 2 aromatic rings. The highest BCUT2D eigenvalue weighted by Gasteiger charge is 2.22. The Morgan fingerprint density at radius 2 is 2.19 bits per heavy atom. The highest BCUT2D eigenvalue weighted by Crippen LogP contribution is 2.28. The third-order valence-corrected chi connectivity index (χ3v) is 6.44. The van der Waals surface area contributed by atoms with Crippen LogP contribution in [-0.4, -0.2) is 35.1 Å². The number of hydrogen-bond donors (Lipinski definition) is 2. The van der Waals surface area contributed by atoms with E-state index in [9.17, 15) is 9.59 Å². The molecule has 1 amide bonds. The molecule has 6 nitrogen and oxygen atoms in total. The van der Waals surface area contributed by atoms with Crippen molar-refractivity contribution in [1.29, 1.82) is 0 Å². The fourth-order valence-corrected chi connectivity index (χ4v) is 4.84. The molecule has 2 N–H and O–H groups in total. The highest BCUT2D eigenvalue weighted by molar-refractivity contribution is 7.20. The minimum atomic E-state index is -0.107. The largest absolute Gasteiger partial charge is 0.348 e. The van der Waals surface area contributed by atoms with Crippen LogP contribution >= 0.6 is 23.7 Å². The monoisotopic (exact) mass is 408 g/mol. The standard InChI is InChI=1S/C19H24N4O2S.ClH/c1-12-15-18(22-14-5-3-2-4-10-23(14)19(15)25)26-16(12)17(24)21-11-13-6-8-20-9-7-13;/h6,20H,2-5,7-11H2,1H3,(H,21,24);1H. The first-order valence-corrected chi connectivity index (χ1v) is 10.2. The summed E-state index contributed by atoms with van der Waals surface area (Å²) in [6, 6.07) is 0. The van der Waals surface area contributed by atoms with E-state index in [0.29, 0.717) is 21.6 Å². The Hall–Kier alpha value is -1.70. The first kappa shape index (κ1) is 20.0. The minimum absolute atomic E-state index is 0. The molecule has 0 spiro atoms. The molecule has 4 heterocycles. The van der Waals surface area contributed by atoms with Crippen LogP contribution in [0.5, 0.6) is 0 Å². The van der Waals surface area contributed by atoms with Gasteiger partial charge in [0.2, 0.25) is 0 Å². The average molecular weight is 409 g/mol. The fraction of sp³-hybridized carbons (Fsp3) is 0.526. The van der Waals surface area contributed by atoms with E-state index < -0.39 is 0 Å². The van der Waals surface area contributed by atoms with Crippen LogP contribution in [0.15, 0.2) is 16.4 Å². The van der Waals surface area contributed by atoms with Crippen LogP contribution in [0, 0.1) is 6.92 Å². The number of carbonyl (C=O) groups excluding carboxylic acids is 1. The summed E-state index contributed by atoms with van der Waals surface area (Å²) in [5.41, 5.74) is 2.03. The topological polar surface area (TPSA) is 76.0 Å². The van der Waals surface area contributed by atoms with E-state index in [1.54, 1.807) is 0 Å². The van der Waals surface area contributed by atoms with Gasteiger partial charge in [-0.2, -0.15) is 0 Å². The van der Waals surface area contributed by atoms with E-state index in [1.165, 1.54) is 16.9 Å². The molecule has 2 aliphatic heterocycles. The van der Waals surface area contributed by atoms with Gasteiger partial charge in [0.25, 0.3) is 11.5 Å². The van der Waals surface area contributed by atoms with Gasteiger partial charge in [0.05, 0.1) is 10.3 Å². The number of thiophene rings is 1. The zero-order valence-corrected chi connectivity index (χ0v) is 17.1. The molecule has 146 valence electrons. The summed E-state index contributed by atoms with van der Waals surface area (Å²) in [7, 11) is 0. The maximum atomic E-state index is 13.0. The van der Waals surface area contributed by atoms with Gasteiger partial charge in [-0.15, -0.1) is 23.7 Å². The fourth-order valence-electron chi connectivity index (χ4n) is 3.73. The summed E-state index contributed by atoms with van der Waals surface area (Å²) >= 11 is 1.34. The summed E-state index contributed by atoms with van der Waals surface area (Å²) in [5, 5.41) is 6.89. The van der Waals surface area contributed by atoms with Crippen LogP contribution in [0.25, 0.3) is 10.2 Å². The quantitative estimate of drug-likeness (QED) is 0.765. The lowest BCUT2D eigenvalue weighted by Gasteiger charge is -2.14. The Morgan fingerprint density at radius 1 is 1.33 bits per heavy atom. The van der Waals surface area contributed by atoms with Gasteiger partial charge in [-0.3, -0.25) is 14.2 Å². The van der Waals surface area contributed by atoms with E-state index >= 15 is 0 Å². The molecule has 27 heavy (non-hydrogen) atoms. The van der Waals surface area contributed by atoms with Crippen molar-refractivity contribution in [3.63, 3.8) is 0 Å². The molecule has 8 heteroatoms. The summed E-state index contributed by atoms with van der Waals surface area (Å²) < 4.78 is 1.82. The third-order valence-electron chi connectivity index (χ3n) is 5.25. The van der Waals surface area contributed by atoms with E-state index in [1.807, 2.05) is 11.5 Å². The van der Waals surface area contributed by atoms with Crippen molar-refractivity contribution >= 4 is 39.9 Å². The molecule has 0 bridgehead atoms. The van der Waals surface area contributed by atoms with Crippen LogP contribution in [-0.2, 0) is 13.0 Å². The first-order valence-electron chi connectivity index (χ1n) is 9.35. The minimum Gasteiger partial charge on any atom is -0.348 e. The number of halogens is 1. The van der Waals surface area contributed by atoms with Gasteiger partial charge in [0.1, 0.15) is 10.7 Å². The van der Waals surface area contributed by atoms with Gasteiger partial charge in [0, 0.05) is 26.1 Å². The second-order valence-corrected chi connectivity index (χ2v) is 8.03. The molecule has 0 aliphatic carbocycles. The van der Waals surface area contributed by atoms with Crippen LogP contribution in [0.2, 0.25) is 0 Å². The Kier molecular flexibility index (Phi) is 6.34. The Morgan fingerprint density at radius 3 is 2.96 bits per heavy atom. The zero-order chi connectivity index (χ0) is 18.1. The number of hydrogen-bond acceptors (Lipinski definition) is 5. The summed E-state index contributed by atoms with van der Waals surface area (Å²) in [6.07, 6.45) is 7.15. The van der Waals surface area contributed by atoms with Crippen molar-refractivity contribution in [2.24, 2.45) is 0 Å². The van der Waals surface area contributed by atoms with Gasteiger partial charge in [-0.25, -0.2) is 4.98 Å². The Balaban J connectivity index is 0.00000210. The van der Waals surface area contributed by atoms with Crippen molar-refractivity contribution in [3.05, 3.63) is 38.3 Å². The summed E-state index contributed by atoms with van der Waals surface area (Å²) in [4.78, 5) is 31.7. The number of amides is 1. The molecular weight excluding hydrogens is 384 g/mol. The van der Waals surface area contributed by atoms with Gasteiger partial charge in [-0.1, -0.05) is 18.1 Å². The maximum Gasteiger partial charge on any atom is 0.262 e. The summed E-state index contributed by atoms with van der Waals surface area (Å²) in [6.45, 7) is 4.98. The lowest BCUT2D eigenvalue weighted by Crippen LogP contribution is -2.29. The molecule has 0 radical (unpaired) electrons. The Bertz CT molecular complexity index is 947. The van der Waals surface area contributed by atoms with E-state index in [0.717, 1.165) is 63.1 Å². The predicted molar refractivity (Wildman–Crippen MR) is 111 cm³/mol. The number of aromatic nitrogens is 2. The average Bonchev–Trinajstić information content (AvgIpc) is 2.82. The predicted octanol–water partition coefficient (Wildman–Crippen LogP) is 2.56. The van der Waals surface area contributed by atoms with Crippen LogP contribution < -0.4 is 16.2 Å². The number of carbonyl (C=O) groups is 1. The van der Waals surface area contributed by atoms with Crippen LogP contribution in [0.1, 0.15) is 46.7 Å². The molecule has 0 atom stereocenters. The second-order valence-electron chi connectivity index (χ2n) is 7.03. The molecule has 2 aliphatic rings. The lowest BCUT2D eigenvalue weighted by atomic mass is 10.1. The smallest absolute Gasteiger partial charge is 0.262 e. The zero-order valence-electron chi connectivity index (χ0n) is 15.5. The number of fused-ring (bicyclic) bond motifs is 2. The maximum absolute atomic E-state index is 13.0. The van der Waals surface area contributed by atoms with Crippen molar-refractivity contribution in [2.45, 2.75) is 45.6 Å². The second kappa shape index (κ2) is 8.54. The lowest BCUT2D eigenvalue weighted by molar-refractivity contribution is 0.0960. The highest BCUT2D eigenvalue weighted by atomic mass is 35.5. The SMILES string of the molecule is Cc1c(C(=O)NCC2=CCNCC2)sc2nc3n(c(=O)c12)CCCCC3.Cl. The van der Waals surface area contributed by atoms with E-state index in [4.69, 9.17) is 4.98 Å². The van der Waals surface area contributed by atoms with Gasteiger partial charge < -0.3 is 10.6 Å². The number of rotatable bonds is 3. The van der Waals surface area contributed by atoms with Gasteiger partial charge in [-0.05, 0) is 38.3 Å². The van der Waals surface area contributed by atoms with Gasteiger partial charge >= 0.3 is 0 Å². The molecule has 4 rings (SSSR count). The molecule has 0 saturated heterocycles. The van der Waals surface area contributed by atoms with Crippen molar-refractivity contribution in [3.8, 4) is 0 Å². The summed E-state index contributed by atoms with van der Waals surface area (Å²) in [5.74, 6) is 0.762. The van der Waals surface area contributed by atoms with Crippen LogP contribution in [0.3, 0.4) is 0 Å². The van der Waals surface area contributed by atoms with Gasteiger partial charge in [0.15, 0.2) is 0 Å². The van der Waals surface area contributed by atoms with E-state index in [2.05, 4.69) is 16.7 Å². The molecule has 0 fully saturated rings. The Labute approximate surface area is 168 Å². The normalized spacial score (nSPS) is 16.9. The first-order chi connectivity index (χ1) is 12.6. The number of nitrogens with one attached hydrogen (secondary N) is 2.